The number of halogens is 2. The summed E-state index contributed by atoms with van der Waals surface area (Å²) < 4.78 is 12.4. The molecule has 3 rings (SSSR count). The van der Waals surface area contributed by atoms with Crippen molar-refractivity contribution in [2.75, 3.05) is 12.0 Å². The van der Waals surface area contributed by atoms with Crippen LogP contribution in [0.4, 0.5) is 10.5 Å². The number of nitrogens with one attached hydrogen (secondary N) is 2. The maximum Gasteiger partial charge on any atom is 0.414 e. The average molecular weight is 490 g/mol. The van der Waals surface area contributed by atoms with Crippen LogP contribution in [-0.4, -0.2) is 38.9 Å². The van der Waals surface area contributed by atoms with Crippen molar-refractivity contribution >= 4 is 57.6 Å². The zero-order valence-corrected chi connectivity index (χ0v) is 18.9. The first-order valence-electron chi connectivity index (χ1n) is 9.56. The van der Waals surface area contributed by atoms with Crippen molar-refractivity contribution in [3.63, 3.8) is 0 Å². The maximum atomic E-state index is 11.9. The first-order chi connectivity index (χ1) is 15.9. The number of rotatable bonds is 7. The zero-order chi connectivity index (χ0) is 24.0. The zero-order valence-electron chi connectivity index (χ0n) is 17.4. The van der Waals surface area contributed by atoms with E-state index in [1.807, 2.05) is 29.1 Å². The van der Waals surface area contributed by atoms with E-state index in [9.17, 15) is 9.59 Å². The van der Waals surface area contributed by atoms with E-state index >= 15 is 0 Å². The number of imide groups is 1. The van der Waals surface area contributed by atoms with Crippen molar-refractivity contribution in [3.05, 3.63) is 40.8 Å². The van der Waals surface area contributed by atoms with Crippen LogP contribution in [0.15, 0.2) is 35.8 Å². The molecule has 3 aromatic rings. The van der Waals surface area contributed by atoms with Crippen LogP contribution in [0.5, 0.6) is 11.6 Å². The molecule has 0 saturated carbocycles. The van der Waals surface area contributed by atoms with Crippen LogP contribution in [0.1, 0.15) is 13.8 Å². The first-order valence-corrected chi connectivity index (χ1v) is 10.3. The predicted octanol–water partition coefficient (Wildman–Crippen LogP) is 4.11. The van der Waals surface area contributed by atoms with Crippen molar-refractivity contribution in [2.24, 2.45) is 5.10 Å². The second kappa shape index (κ2) is 10.6. The molecule has 0 aliphatic heterocycles. The summed E-state index contributed by atoms with van der Waals surface area (Å²) >= 11 is 12.7. The molecule has 0 aliphatic carbocycles. The van der Waals surface area contributed by atoms with Gasteiger partial charge in [0.15, 0.2) is 5.75 Å². The molecule has 0 saturated heterocycles. The van der Waals surface area contributed by atoms with E-state index in [0.717, 1.165) is 6.54 Å². The third-order valence-electron chi connectivity index (χ3n) is 4.17. The summed E-state index contributed by atoms with van der Waals surface area (Å²) in [6, 6.07) is 6.26. The van der Waals surface area contributed by atoms with Gasteiger partial charge in [-0.2, -0.15) is 10.4 Å². The van der Waals surface area contributed by atoms with E-state index in [4.69, 9.17) is 33.2 Å². The Kier molecular flexibility index (Phi) is 7.66. The number of ether oxygens (including phenoxy) is 2. The molecule has 1 aromatic carbocycles. The smallest absolute Gasteiger partial charge is 0.414 e. The van der Waals surface area contributed by atoms with Crippen molar-refractivity contribution in [2.45, 2.75) is 20.4 Å². The summed E-state index contributed by atoms with van der Waals surface area (Å²) in [7, 11) is 0. The Morgan fingerprint density at radius 1 is 1.24 bits per heavy atom. The fraction of sp³-hybridized carbons (Fsp3) is 0.200. The minimum absolute atomic E-state index is 0.0623. The van der Waals surface area contributed by atoms with Crippen molar-refractivity contribution in [1.82, 2.24) is 19.9 Å². The van der Waals surface area contributed by atoms with E-state index < -0.39 is 17.7 Å². The number of amides is 2. The highest BCUT2D eigenvalue weighted by atomic mass is 35.5. The summed E-state index contributed by atoms with van der Waals surface area (Å²) in [4.78, 5) is 31.7. The molecular formula is C20H17Cl2N7O4. The Balaban J connectivity index is 1.80. The highest BCUT2D eigenvalue weighted by Crippen LogP contribution is 2.39. The molecule has 2 amide bonds. The van der Waals surface area contributed by atoms with Crippen LogP contribution in [0.3, 0.4) is 0 Å². The van der Waals surface area contributed by atoms with E-state index in [2.05, 4.69) is 25.2 Å². The molecule has 13 heteroatoms. The number of aryl methyl sites for hydroxylation is 1. The summed E-state index contributed by atoms with van der Waals surface area (Å²) in [5.41, 5.74) is 2.85. The van der Waals surface area contributed by atoms with E-state index in [0.29, 0.717) is 11.0 Å². The SMILES string of the molecule is CCOC(=O)NC(=O)/C(C#N)=N/Nc1cc(Cl)c(Oc2ncnc3c2ccn3CC)c(Cl)c1. The standard InChI is InChI=1S/C20H17Cl2N7O4/c1-3-29-6-5-12-17(29)24-10-25-19(12)33-16-13(21)7-11(8-14(16)22)27-28-15(9-23)18(30)26-20(31)32-4-2/h5-8,10,27H,3-4H2,1-2H3,(H,26,30,31)/b28-15+. The number of carbonyl (C=O) groups is 2. The lowest BCUT2D eigenvalue weighted by molar-refractivity contribution is -0.114. The molecule has 0 fully saturated rings. The Morgan fingerprint density at radius 2 is 1.97 bits per heavy atom. The van der Waals surface area contributed by atoms with Crippen LogP contribution < -0.4 is 15.5 Å². The van der Waals surface area contributed by atoms with Gasteiger partial charge in [0.2, 0.25) is 11.6 Å². The van der Waals surface area contributed by atoms with Crippen LogP contribution in [0, 0.1) is 11.3 Å². The van der Waals surface area contributed by atoms with Gasteiger partial charge in [0.05, 0.1) is 27.7 Å². The number of benzene rings is 1. The molecule has 11 nitrogen and oxygen atoms in total. The number of alkyl carbamates (subject to hydrolysis) is 1. The summed E-state index contributed by atoms with van der Waals surface area (Å²) in [6.07, 6.45) is 2.25. The van der Waals surface area contributed by atoms with Crippen molar-refractivity contribution < 1.29 is 19.1 Å². The van der Waals surface area contributed by atoms with Gasteiger partial charge in [0.25, 0.3) is 5.91 Å². The van der Waals surface area contributed by atoms with Crippen molar-refractivity contribution in [3.8, 4) is 17.7 Å². The first kappa shape index (κ1) is 23.8. The van der Waals surface area contributed by atoms with E-state index in [1.54, 1.807) is 13.0 Å². The monoisotopic (exact) mass is 489 g/mol. The number of carbonyl (C=O) groups excluding carboxylic acids is 2. The number of fused-ring (bicyclic) bond motifs is 1. The third kappa shape index (κ3) is 5.49. The van der Waals surface area contributed by atoms with E-state index in [1.165, 1.54) is 18.5 Å². The van der Waals surface area contributed by atoms with Gasteiger partial charge >= 0.3 is 6.09 Å². The molecule has 0 atom stereocenters. The number of hydrogen-bond donors (Lipinski definition) is 2. The normalized spacial score (nSPS) is 11.1. The number of aromatic nitrogens is 3. The molecule has 0 spiro atoms. The van der Waals surface area contributed by atoms with Gasteiger partial charge in [-0.25, -0.2) is 14.8 Å². The summed E-state index contributed by atoms with van der Waals surface area (Å²) in [5, 5.41) is 15.6. The number of hydrogen-bond acceptors (Lipinski definition) is 9. The van der Waals surface area contributed by atoms with Gasteiger partial charge in [-0.05, 0) is 32.0 Å². The second-order valence-corrected chi connectivity index (χ2v) is 7.06. The fourth-order valence-corrected chi connectivity index (χ4v) is 3.27. The van der Waals surface area contributed by atoms with Crippen LogP contribution >= 0.6 is 23.2 Å². The molecule has 170 valence electrons. The quantitative estimate of drug-likeness (QED) is 0.372. The average Bonchev–Trinajstić information content (AvgIpc) is 3.21. The Morgan fingerprint density at radius 3 is 2.61 bits per heavy atom. The second-order valence-electron chi connectivity index (χ2n) is 6.25. The highest BCUT2D eigenvalue weighted by molar-refractivity contribution is 6.47. The fourth-order valence-electron chi connectivity index (χ4n) is 2.70. The minimum atomic E-state index is -1.03. The number of hydrazone groups is 1. The van der Waals surface area contributed by atoms with E-state index in [-0.39, 0.29) is 34.0 Å². The third-order valence-corrected chi connectivity index (χ3v) is 4.73. The Bertz CT molecular complexity index is 1260. The molecule has 2 heterocycles. The van der Waals surface area contributed by atoms with Gasteiger partial charge in [-0.1, -0.05) is 23.2 Å². The summed E-state index contributed by atoms with van der Waals surface area (Å²) in [6.45, 7) is 4.35. The molecule has 0 bridgehead atoms. The van der Waals surface area contributed by atoms with Crippen LogP contribution in [0.25, 0.3) is 11.0 Å². The Labute approximate surface area is 197 Å². The number of nitrogens with zero attached hydrogens (tertiary/aromatic N) is 5. The van der Waals surface area contributed by atoms with Gasteiger partial charge in [0.1, 0.15) is 18.0 Å². The maximum absolute atomic E-state index is 11.9. The minimum Gasteiger partial charge on any atom is -0.450 e. The molecule has 0 radical (unpaired) electrons. The van der Waals surface area contributed by atoms with Gasteiger partial charge in [-0.3, -0.25) is 15.5 Å². The van der Waals surface area contributed by atoms with Crippen LogP contribution in [0.2, 0.25) is 10.0 Å². The van der Waals surface area contributed by atoms with Crippen LogP contribution in [-0.2, 0) is 16.1 Å². The lowest BCUT2D eigenvalue weighted by Gasteiger charge is -2.11. The van der Waals surface area contributed by atoms with Gasteiger partial charge in [0, 0.05) is 12.7 Å². The van der Waals surface area contributed by atoms with Gasteiger partial charge < -0.3 is 14.0 Å². The molecule has 0 aliphatic rings. The lowest BCUT2D eigenvalue weighted by Crippen LogP contribution is -2.36. The van der Waals surface area contributed by atoms with Crippen molar-refractivity contribution in [1.29, 1.82) is 5.26 Å². The summed E-state index contributed by atoms with van der Waals surface area (Å²) in [5.74, 6) is -0.609. The topological polar surface area (TPSA) is 144 Å². The predicted molar refractivity (Wildman–Crippen MR) is 122 cm³/mol. The number of nitriles is 1. The number of anilines is 1. The largest absolute Gasteiger partial charge is 0.450 e. The molecule has 0 unspecified atom stereocenters. The molecule has 33 heavy (non-hydrogen) atoms. The highest BCUT2D eigenvalue weighted by Gasteiger charge is 2.17. The lowest BCUT2D eigenvalue weighted by atomic mass is 10.3. The molecular weight excluding hydrogens is 473 g/mol. The van der Waals surface area contributed by atoms with Gasteiger partial charge in [-0.15, -0.1) is 0 Å². The molecule has 2 N–H and O–H groups in total. The Hall–Kier alpha value is -3.88. The molecule has 2 aromatic heterocycles.